The fraction of sp³-hybridized carbons (Fsp3) is 0.294. The van der Waals surface area contributed by atoms with E-state index in [1.54, 1.807) is 6.07 Å². The number of benzene rings is 1. The lowest BCUT2D eigenvalue weighted by Gasteiger charge is -2.36. The second kappa shape index (κ2) is 7.97. The minimum atomic E-state index is -0.822. The van der Waals surface area contributed by atoms with Gasteiger partial charge >= 0.3 is 0 Å². The molecule has 0 saturated heterocycles. The van der Waals surface area contributed by atoms with Gasteiger partial charge in [0.05, 0.1) is 24.5 Å². The van der Waals surface area contributed by atoms with Crippen molar-refractivity contribution in [3.8, 4) is 0 Å². The van der Waals surface area contributed by atoms with Crippen LogP contribution in [0.4, 0.5) is 10.1 Å². The number of anilines is 1. The monoisotopic (exact) mass is 459 g/mol. The number of aryl methyl sites for hydroxylation is 1. The Labute approximate surface area is 167 Å². The molecule has 7 nitrogen and oxygen atoms in total. The normalized spacial score (nSPS) is 16.4. The van der Waals surface area contributed by atoms with Gasteiger partial charge in [-0.1, -0.05) is 27.5 Å². The number of nitrogens with one attached hydrogen (secondary N) is 1. The molecule has 1 aliphatic rings. The van der Waals surface area contributed by atoms with Crippen molar-refractivity contribution >= 4 is 39.1 Å². The second-order valence-electron chi connectivity index (χ2n) is 5.93. The minimum absolute atomic E-state index is 0.0618. The van der Waals surface area contributed by atoms with Crippen molar-refractivity contribution in [1.82, 2.24) is 9.63 Å². The highest BCUT2D eigenvalue weighted by molar-refractivity contribution is 9.10. The SMILES string of the molecule is Cn1cc2c(c(Cl)c1=O)CC(Nc1ccc(Br)cc1F)N(OCCO)C2=O. The minimum Gasteiger partial charge on any atom is -0.394 e. The molecule has 2 aromatic rings. The Balaban J connectivity index is 2.02. The summed E-state index contributed by atoms with van der Waals surface area (Å²) in [7, 11) is 1.49. The first-order chi connectivity index (χ1) is 12.8. The van der Waals surface area contributed by atoms with Crippen LogP contribution in [0.3, 0.4) is 0 Å². The molecule has 0 saturated carbocycles. The summed E-state index contributed by atoms with van der Waals surface area (Å²) in [6.45, 7) is -0.425. The molecular formula is C17H16BrClFN3O4. The third kappa shape index (κ3) is 3.86. The molecule has 1 aromatic carbocycles. The molecule has 144 valence electrons. The fourth-order valence-electron chi connectivity index (χ4n) is 2.84. The van der Waals surface area contributed by atoms with E-state index in [1.165, 1.54) is 29.9 Å². The van der Waals surface area contributed by atoms with Gasteiger partial charge in [-0.2, -0.15) is 5.06 Å². The molecule has 3 rings (SSSR count). The molecule has 1 aromatic heterocycles. The number of hydrogen-bond acceptors (Lipinski definition) is 5. The van der Waals surface area contributed by atoms with E-state index in [9.17, 15) is 14.0 Å². The maximum atomic E-state index is 14.2. The van der Waals surface area contributed by atoms with Crippen LogP contribution >= 0.6 is 27.5 Å². The lowest BCUT2D eigenvalue weighted by Crippen LogP contribution is -2.51. The molecule has 27 heavy (non-hydrogen) atoms. The first-order valence-electron chi connectivity index (χ1n) is 8.00. The standard InChI is InChI=1S/C17H16BrClFN3O4/c1-22-8-11-10(15(19)17(22)26)7-14(23(16(11)25)27-5-4-24)21-13-3-2-9(18)6-12(13)20/h2-3,6,8,14,21,24H,4-5,7H2,1H3. The van der Waals surface area contributed by atoms with E-state index in [2.05, 4.69) is 21.2 Å². The first-order valence-corrected chi connectivity index (χ1v) is 9.17. The molecule has 10 heteroatoms. The van der Waals surface area contributed by atoms with Crippen LogP contribution in [0.15, 0.2) is 33.7 Å². The van der Waals surface area contributed by atoms with Gasteiger partial charge in [0.15, 0.2) is 0 Å². The first kappa shape index (κ1) is 19.8. The molecule has 0 aliphatic carbocycles. The summed E-state index contributed by atoms with van der Waals surface area (Å²) in [6, 6.07) is 4.43. The zero-order chi connectivity index (χ0) is 19.7. The van der Waals surface area contributed by atoms with Crippen LogP contribution in [-0.4, -0.2) is 40.0 Å². The number of hydrogen-bond donors (Lipinski definition) is 2. The Bertz CT molecular complexity index is 953. The van der Waals surface area contributed by atoms with Crippen molar-refractivity contribution in [2.75, 3.05) is 18.5 Å². The average Bonchev–Trinajstić information content (AvgIpc) is 2.63. The van der Waals surface area contributed by atoms with Crippen LogP contribution < -0.4 is 10.9 Å². The lowest BCUT2D eigenvalue weighted by molar-refractivity contribution is -0.152. The molecule has 2 N–H and O–H groups in total. The van der Waals surface area contributed by atoms with Gasteiger partial charge in [-0.3, -0.25) is 14.4 Å². The molecular weight excluding hydrogens is 445 g/mol. The van der Waals surface area contributed by atoms with E-state index in [4.69, 9.17) is 21.5 Å². The maximum absolute atomic E-state index is 14.2. The Kier molecular flexibility index (Phi) is 5.85. The van der Waals surface area contributed by atoms with Gasteiger partial charge in [-0.15, -0.1) is 0 Å². The Morgan fingerprint density at radius 1 is 1.44 bits per heavy atom. The summed E-state index contributed by atoms with van der Waals surface area (Å²) >= 11 is 9.34. The number of nitrogens with zero attached hydrogens (tertiary/aromatic N) is 2. The van der Waals surface area contributed by atoms with Gasteiger partial charge < -0.3 is 15.0 Å². The van der Waals surface area contributed by atoms with E-state index in [1.807, 2.05) is 0 Å². The zero-order valence-electron chi connectivity index (χ0n) is 14.2. The quantitative estimate of drug-likeness (QED) is 0.715. The number of halogens is 3. The molecule has 1 atom stereocenters. The molecule has 2 heterocycles. The maximum Gasteiger partial charge on any atom is 0.281 e. The zero-order valence-corrected chi connectivity index (χ0v) is 16.6. The summed E-state index contributed by atoms with van der Waals surface area (Å²) in [5.41, 5.74) is 0.302. The van der Waals surface area contributed by atoms with Crippen molar-refractivity contribution < 1.29 is 19.1 Å². The third-order valence-corrected chi connectivity index (χ3v) is 4.99. The van der Waals surface area contributed by atoms with Crippen molar-refractivity contribution in [3.05, 3.63) is 61.2 Å². The van der Waals surface area contributed by atoms with Crippen LogP contribution in [-0.2, 0) is 18.3 Å². The Morgan fingerprint density at radius 2 is 2.19 bits per heavy atom. The predicted octanol–water partition coefficient (Wildman–Crippen LogP) is 2.30. The highest BCUT2D eigenvalue weighted by atomic mass is 79.9. The lowest BCUT2D eigenvalue weighted by atomic mass is 9.99. The van der Waals surface area contributed by atoms with Crippen LogP contribution in [0.25, 0.3) is 0 Å². The van der Waals surface area contributed by atoms with Crippen molar-refractivity contribution in [1.29, 1.82) is 0 Å². The van der Waals surface area contributed by atoms with Crippen molar-refractivity contribution in [3.63, 3.8) is 0 Å². The number of aromatic nitrogens is 1. The average molecular weight is 461 g/mol. The Hall–Kier alpha value is -1.94. The summed E-state index contributed by atoms with van der Waals surface area (Å²) in [5, 5.41) is 12.9. The van der Waals surface area contributed by atoms with Crippen molar-refractivity contribution in [2.24, 2.45) is 7.05 Å². The molecule has 0 radical (unpaired) electrons. The second-order valence-corrected chi connectivity index (χ2v) is 7.22. The van der Waals surface area contributed by atoms with Crippen molar-refractivity contribution in [2.45, 2.75) is 12.6 Å². The number of aliphatic hydroxyl groups is 1. The van der Waals surface area contributed by atoms with Gasteiger partial charge in [0.1, 0.15) is 17.0 Å². The number of hydroxylamine groups is 2. The number of fused-ring (bicyclic) bond motifs is 1. The van der Waals surface area contributed by atoms with E-state index < -0.39 is 23.4 Å². The smallest absolute Gasteiger partial charge is 0.281 e. The number of amides is 1. The number of aliphatic hydroxyl groups excluding tert-OH is 1. The van der Waals surface area contributed by atoms with Crippen LogP contribution in [0.2, 0.25) is 5.02 Å². The van der Waals surface area contributed by atoms with Crippen LogP contribution in [0, 0.1) is 5.82 Å². The number of pyridine rings is 1. The van der Waals surface area contributed by atoms with Gasteiger partial charge in [-0.25, -0.2) is 4.39 Å². The van der Waals surface area contributed by atoms with Crippen LogP contribution in [0.1, 0.15) is 15.9 Å². The van der Waals surface area contributed by atoms with E-state index >= 15 is 0 Å². The highest BCUT2D eigenvalue weighted by Gasteiger charge is 2.36. The number of carbonyl (C=O) groups is 1. The largest absolute Gasteiger partial charge is 0.394 e. The number of carbonyl (C=O) groups excluding carboxylic acids is 1. The van der Waals surface area contributed by atoms with Gasteiger partial charge in [-0.05, 0) is 23.8 Å². The third-order valence-electron chi connectivity index (χ3n) is 4.11. The van der Waals surface area contributed by atoms with Gasteiger partial charge in [0, 0.05) is 24.1 Å². The van der Waals surface area contributed by atoms with Gasteiger partial charge in [0.2, 0.25) is 0 Å². The summed E-state index contributed by atoms with van der Waals surface area (Å²) in [5.74, 6) is -1.07. The van der Waals surface area contributed by atoms with Gasteiger partial charge in [0.25, 0.3) is 11.5 Å². The van der Waals surface area contributed by atoms with E-state index in [0.717, 1.165) is 5.06 Å². The number of rotatable bonds is 5. The van der Waals surface area contributed by atoms with E-state index in [-0.39, 0.29) is 35.9 Å². The molecule has 1 aliphatic heterocycles. The molecule has 1 unspecified atom stereocenters. The molecule has 0 spiro atoms. The molecule has 1 amide bonds. The Morgan fingerprint density at radius 3 is 2.85 bits per heavy atom. The summed E-state index contributed by atoms with van der Waals surface area (Å²) in [4.78, 5) is 30.4. The van der Waals surface area contributed by atoms with Crippen LogP contribution in [0.5, 0.6) is 0 Å². The fourth-order valence-corrected chi connectivity index (χ4v) is 3.48. The molecule has 0 fully saturated rings. The topological polar surface area (TPSA) is 83.8 Å². The molecule has 0 bridgehead atoms. The predicted molar refractivity (Wildman–Crippen MR) is 101 cm³/mol. The summed E-state index contributed by atoms with van der Waals surface area (Å²) < 4.78 is 16.0. The highest BCUT2D eigenvalue weighted by Crippen LogP contribution is 2.29. The summed E-state index contributed by atoms with van der Waals surface area (Å²) in [6.07, 6.45) is 0.686. The van der Waals surface area contributed by atoms with E-state index in [0.29, 0.717) is 10.0 Å².